The van der Waals surface area contributed by atoms with Crippen LogP contribution in [0.15, 0.2) is 24.3 Å². The van der Waals surface area contributed by atoms with Gasteiger partial charge >= 0.3 is 0 Å². The number of alkyl halides is 1. The van der Waals surface area contributed by atoms with E-state index in [1.54, 1.807) is 0 Å². The van der Waals surface area contributed by atoms with Crippen LogP contribution in [0.2, 0.25) is 5.02 Å². The number of morpholine rings is 1. The monoisotopic (exact) mass is 259 g/mol. The largest absolute Gasteiger partial charge is 0.378 e. The maximum Gasteiger partial charge on any atom is 0.0634 e. The first-order valence-electron chi connectivity index (χ1n) is 5.42. The van der Waals surface area contributed by atoms with E-state index in [0.29, 0.717) is 18.5 Å². The van der Waals surface area contributed by atoms with Crippen LogP contribution in [0.25, 0.3) is 0 Å². The van der Waals surface area contributed by atoms with E-state index in [1.165, 1.54) is 0 Å². The summed E-state index contributed by atoms with van der Waals surface area (Å²) in [6.45, 7) is 3.26. The van der Waals surface area contributed by atoms with Crippen LogP contribution in [0.5, 0.6) is 0 Å². The quantitative estimate of drug-likeness (QED) is 0.775. The lowest BCUT2D eigenvalue weighted by atomic mass is 10.1. The predicted octanol–water partition coefficient (Wildman–Crippen LogP) is 2.78. The lowest BCUT2D eigenvalue weighted by molar-refractivity contribution is -0.00302. The molecule has 88 valence electrons. The van der Waals surface area contributed by atoms with E-state index in [-0.39, 0.29) is 0 Å². The summed E-state index contributed by atoms with van der Waals surface area (Å²) in [4.78, 5) is 2.33. The maximum atomic E-state index is 6.14. The van der Waals surface area contributed by atoms with Crippen molar-refractivity contribution in [3.63, 3.8) is 0 Å². The number of ether oxygens (including phenoxy) is 1. The lowest BCUT2D eigenvalue weighted by Crippen LogP contribution is -2.45. The molecule has 0 bridgehead atoms. The third kappa shape index (κ3) is 2.89. The third-order valence-corrected chi connectivity index (χ3v) is 3.58. The highest BCUT2D eigenvalue weighted by Gasteiger charge is 2.22. The molecule has 1 aromatic carbocycles. The van der Waals surface area contributed by atoms with Crippen molar-refractivity contribution in [2.45, 2.75) is 12.6 Å². The molecule has 16 heavy (non-hydrogen) atoms. The van der Waals surface area contributed by atoms with Crippen molar-refractivity contribution in [1.82, 2.24) is 4.90 Å². The summed E-state index contributed by atoms with van der Waals surface area (Å²) in [6.07, 6.45) is 0. The van der Waals surface area contributed by atoms with Gasteiger partial charge in [-0.15, -0.1) is 11.6 Å². The molecule has 1 unspecified atom stereocenters. The summed E-state index contributed by atoms with van der Waals surface area (Å²) in [5, 5.41) is 0.822. The second-order valence-electron chi connectivity index (χ2n) is 3.94. The van der Waals surface area contributed by atoms with Gasteiger partial charge in [-0.2, -0.15) is 0 Å². The van der Waals surface area contributed by atoms with Gasteiger partial charge in [0.15, 0.2) is 0 Å². The minimum absolute atomic E-state index is 0.298. The SMILES string of the molecule is ClCC1COCCN1Cc1ccccc1Cl. The Morgan fingerprint density at radius 3 is 2.94 bits per heavy atom. The fourth-order valence-electron chi connectivity index (χ4n) is 1.88. The molecule has 0 radical (unpaired) electrons. The second kappa shape index (κ2) is 5.87. The number of rotatable bonds is 3. The van der Waals surface area contributed by atoms with Gasteiger partial charge in [0.2, 0.25) is 0 Å². The first-order chi connectivity index (χ1) is 7.81. The molecule has 1 fully saturated rings. The zero-order valence-electron chi connectivity index (χ0n) is 9.03. The number of hydrogen-bond donors (Lipinski definition) is 0. The fraction of sp³-hybridized carbons (Fsp3) is 0.500. The van der Waals surface area contributed by atoms with E-state index in [2.05, 4.69) is 11.0 Å². The number of halogens is 2. The van der Waals surface area contributed by atoms with Crippen LogP contribution in [0.1, 0.15) is 5.56 Å². The molecule has 2 rings (SSSR count). The van der Waals surface area contributed by atoms with Crippen LogP contribution < -0.4 is 0 Å². The van der Waals surface area contributed by atoms with Gasteiger partial charge < -0.3 is 4.74 Å². The average Bonchev–Trinajstić information content (AvgIpc) is 2.33. The number of nitrogens with zero attached hydrogens (tertiary/aromatic N) is 1. The van der Waals surface area contributed by atoms with Crippen LogP contribution >= 0.6 is 23.2 Å². The summed E-state index contributed by atoms with van der Waals surface area (Å²) in [5.74, 6) is 0.602. The van der Waals surface area contributed by atoms with Gasteiger partial charge in [0.05, 0.1) is 13.2 Å². The van der Waals surface area contributed by atoms with Crippen molar-refractivity contribution in [3.05, 3.63) is 34.9 Å². The summed E-state index contributed by atoms with van der Waals surface area (Å²) in [5.41, 5.74) is 1.15. The number of hydrogen-bond acceptors (Lipinski definition) is 2. The van der Waals surface area contributed by atoms with Crippen LogP contribution in [-0.4, -0.2) is 36.6 Å². The van der Waals surface area contributed by atoms with Gasteiger partial charge in [-0.3, -0.25) is 4.90 Å². The minimum Gasteiger partial charge on any atom is -0.378 e. The molecule has 1 saturated heterocycles. The maximum absolute atomic E-state index is 6.14. The fourth-order valence-corrected chi connectivity index (χ4v) is 2.36. The zero-order chi connectivity index (χ0) is 11.4. The molecular formula is C12H15Cl2NO. The van der Waals surface area contributed by atoms with Crippen LogP contribution in [0, 0.1) is 0 Å². The van der Waals surface area contributed by atoms with Gasteiger partial charge in [-0.05, 0) is 11.6 Å². The molecule has 1 aliphatic rings. The van der Waals surface area contributed by atoms with E-state index in [0.717, 1.165) is 30.3 Å². The molecule has 1 heterocycles. The molecule has 1 atom stereocenters. The molecule has 2 nitrogen and oxygen atoms in total. The molecule has 0 amide bonds. The van der Waals surface area contributed by atoms with E-state index < -0.39 is 0 Å². The summed E-state index contributed by atoms with van der Waals surface area (Å²) in [7, 11) is 0. The van der Waals surface area contributed by atoms with Gasteiger partial charge in [-0.25, -0.2) is 0 Å². The lowest BCUT2D eigenvalue weighted by Gasteiger charge is -2.34. The molecule has 1 aromatic rings. The highest BCUT2D eigenvalue weighted by atomic mass is 35.5. The van der Waals surface area contributed by atoms with E-state index in [1.807, 2.05) is 18.2 Å². The zero-order valence-corrected chi connectivity index (χ0v) is 10.5. The predicted molar refractivity (Wildman–Crippen MR) is 67.2 cm³/mol. The molecule has 1 aliphatic heterocycles. The molecule has 4 heteroatoms. The Kier molecular flexibility index (Phi) is 4.47. The van der Waals surface area contributed by atoms with Crippen molar-refractivity contribution in [2.24, 2.45) is 0 Å². The Hall–Kier alpha value is -0.280. The topological polar surface area (TPSA) is 12.5 Å². The first kappa shape index (κ1) is 12.2. The Morgan fingerprint density at radius 1 is 1.38 bits per heavy atom. The molecule has 0 N–H and O–H groups in total. The molecule has 0 spiro atoms. The Balaban J connectivity index is 2.05. The van der Waals surface area contributed by atoms with E-state index >= 15 is 0 Å². The van der Waals surface area contributed by atoms with E-state index in [4.69, 9.17) is 27.9 Å². The van der Waals surface area contributed by atoms with E-state index in [9.17, 15) is 0 Å². The average molecular weight is 260 g/mol. The molecule has 0 aliphatic carbocycles. The smallest absolute Gasteiger partial charge is 0.0634 e. The van der Waals surface area contributed by atoms with Crippen LogP contribution in [0.3, 0.4) is 0 Å². The second-order valence-corrected chi connectivity index (χ2v) is 4.66. The highest BCUT2D eigenvalue weighted by molar-refractivity contribution is 6.31. The van der Waals surface area contributed by atoms with Crippen molar-refractivity contribution in [3.8, 4) is 0 Å². The van der Waals surface area contributed by atoms with Crippen molar-refractivity contribution >= 4 is 23.2 Å². The van der Waals surface area contributed by atoms with Crippen LogP contribution in [-0.2, 0) is 11.3 Å². The Bertz CT molecular complexity index is 346. The molecular weight excluding hydrogens is 245 g/mol. The molecule has 0 saturated carbocycles. The minimum atomic E-state index is 0.298. The third-order valence-electron chi connectivity index (χ3n) is 2.86. The molecule has 0 aromatic heterocycles. The van der Waals surface area contributed by atoms with Gasteiger partial charge in [0, 0.05) is 30.0 Å². The van der Waals surface area contributed by atoms with Crippen molar-refractivity contribution < 1.29 is 4.74 Å². The summed E-state index contributed by atoms with van der Waals surface area (Å²) in [6, 6.07) is 8.24. The highest BCUT2D eigenvalue weighted by Crippen LogP contribution is 2.19. The van der Waals surface area contributed by atoms with Gasteiger partial charge in [0.1, 0.15) is 0 Å². The normalized spacial score (nSPS) is 22.2. The van der Waals surface area contributed by atoms with Crippen molar-refractivity contribution in [1.29, 1.82) is 0 Å². The first-order valence-corrected chi connectivity index (χ1v) is 6.33. The van der Waals surface area contributed by atoms with Crippen LogP contribution in [0.4, 0.5) is 0 Å². The Labute approximate surface area is 106 Å². The number of benzene rings is 1. The summed E-state index contributed by atoms with van der Waals surface area (Å²) < 4.78 is 5.41. The van der Waals surface area contributed by atoms with Gasteiger partial charge in [0.25, 0.3) is 0 Å². The standard InChI is InChI=1S/C12H15Cl2NO/c13-7-11-9-16-6-5-15(11)8-10-3-1-2-4-12(10)14/h1-4,11H,5-9H2. The van der Waals surface area contributed by atoms with Crippen molar-refractivity contribution in [2.75, 3.05) is 25.6 Å². The summed E-state index contributed by atoms with van der Waals surface area (Å²) >= 11 is 12.1. The Morgan fingerprint density at radius 2 is 2.19 bits per heavy atom. The van der Waals surface area contributed by atoms with Gasteiger partial charge in [-0.1, -0.05) is 29.8 Å².